The van der Waals surface area contributed by atoms with Crippen LogP contribution in [0.15, 0.2) is 60.7 Å². The van der Waals surface area contributed by atoms with Crippen molar-refractivity contribution in [3.05, 3.63) is 83.2 Å². The number of fused-ring (bicyclic) bond motifs is 1. The van der Waals surface area contributed by atoms with Crippen LogP contribution in [-0.2, 0) is 6.61 Å². The van der Waals surface area contributed by atoms with Crippen LogP contribution in [0.5, 0.6) is 5.75 Å². The van der Waals surface area contributed by atoms with Gasteiger partial charge in [-0.25, -0.2) is 9.48 Å². The minimum Gasteiger partial charge on any atom is -0.484 e. The fourth-order valence-electron chi connectivity index (χ4n) is 3.37. The topological polar surface area (TPSA) is 84.7 Å². The monoisotopic (exact) mass is 377 g/mol. The van der Waals surface area contributed by atoms with E-state index >= 15 is 0 Å². The van der Waals surface area contributed by atoms with Crippen LogP contribution in [0.25, 0.3) is 0 Å². The Kier molecular flexibility index (Phi) is 4.57. The number of carboxylic acids is 1. The van der Waals surface area contributed by atoms with Crippen molar-refractivity contribution < 1.29 is 19.4 Å². The van der Waals surface area contributed by atoms with Crippen molar-refractivity contribution in [2.45, 2.75) is 12.6 Å². The highest BCUT2D eigenvalue weighted by molar-refractivity contribution is 6.00. The Hall–Kier alpha value is -3.61. The van der Waals surface area contributed by atoms with E-state index in [1.807, 2.05) is 60.7 Å². The van der Waals surface area contributed by atoms with Gasteiger partial charge in [0.25, 0.3) is 5.91 Å². The summed E-state index contributed by atoms with van der Waals surface area (Å²) in [5.41, 5.74) is 1.72. The summed E-state index contributed by atoms with van der Waals surface area (Å²) in [6.07, 6.45) is 0. The van der Waals surface area contributed by atoms with Crippen LogP contribution >= 0.6 is 0 Å². The number of hydrogen-bond acceptors (Lipinski definition) is 4. The first kappa shape index (κ1) is 17.8. The van der Waals surface area contributed by atoms with E-state index in [-0.39, 0.29) is 35.7 Å². The summed E-state index contributed by atoms with van der Waals surface area (Å²) in [6, 6.07) is 18.7. The lowest BCUT2D eigenvalue weighted by Gasteiger charge is -2.31. The van der Waals surface area contributed by atoms with Crippen LogP contribution in [0.2, 0.25) is 0 Å². The molecule has 2 heterocycles. The number of aromatic nitrogens is 2. The van der Waals surface area contributed by atoms with E-state index in [2.05, 4.69) is 5.10 Å². The molecule has 1 amide bonds. The molecule has 2 aromatic carbocycles. The fourth-order valence-corrected chi connectivity index (χ4v) is 3.37. The Bertz CT molecular complexity index is 1010. The number of carbonyl (C=O) groups excluding carboxylic acids is 1. The van der Waals surface area contributed by atoms with E-state index in [1.54, 1.807) is 11.9 Å². The third-order valence-corrected chi connectivity index (χ3v) is 4.77. The molecule has 1 atom stereocenters. The Labute approximate surface area is 161 Å². The molecule has 142 valence electrons. The first-order valence-electron chi connectivity index (χ1n) is 8.89. The quantitative estimate of drug-likeness (QED) is 0.739. The largest absolute Gasteiger partial charge is 0.484 e. The molecule has 0 aliphatic carbocycles. The van der Waals surface area contributed by atoms with Gasteiger partial charge < -0.3 is 14.7 Å². The molecule has 0 saturated heterocycles. The van der Waals surface area contributed by atoms with Gasteiger partial charge in [0.2, 0.25) is 5.69 Å². The van der Waals surface area contributed by atoms with Gasteiger partial charge in [0.15, 0.2) is 11.4 Å². The Morgan fingerprint density at radius 1 is 1.14 bits per heavy atom. The molecule has 0 bridgehead atoms. The van der Waals surface area contributed by atoms with Crippen LogP contribution in [-0.4, -0.2) is 45.3 Å². The molecule has 7 nitrogen and oxygen atoms in total. The van der Waals surface area contributed by atoms with Crippen LogP contribution in [0.1, 0.15) is 38.1 Å². The van der Waals surface area contributed by atoms with Gasteiger partial charge in [-0.15, -0.1) is 0 Å². The minimum atomic E-state index is -1.23. The molecule has 0 spiro atoms. The van der Waals surface area contributed by atoms with Crippen molar-refractivity contribution in [3.63, 3.8) is 0 Å². The number of hydrogen-bond donors (Lipinski definition) is 1. The van der Waals surface area contributed by atoms with Gasteiger partial charge in [0, 0.05) is 13.6 Å². The molecule has 0 saturated carbocycles. The standard InChI is InChI=1S/C21H19N3O4/c1-23-12-16(15-10-6-3-7-11-15)24-18(20(23)25)19(17(22-24)21(26)27)28-13-14-8-4-2-5-9-14/h2-11,16H,12-13H2,1H3,(H,26,27)/t16-/m1/s1. The van der Waals surface area contributed by atoms with Gasteiger partial charge in [0.1, 0.15) is 6.61 Å². The van der Waals surface area contributed by atoms with Crippen molar-refractivity contribution >= 4 is 11.9 Å². The highest BCUT2D eigenvalue weighted by atomic mass is 16.5. The third-order valence-electron chi connectivity index (χ3n) is 4.77. The highest BCUT2D eigenvalue weighted by Crippen LogP contribution is 2.34. The molecule has 1 aliphatic heterocycles. The van der Waals surface area contributed by atoms with Crippen molar-refractivity contribution in [1.82, 2.24) is 14.7 Å². The van der Waals surface area contributed by atoms with Gasteiger partial charge >= 0.3 is 5.97 Å². The average molecular weight is 377 g/mol. The summed E-state index contributed by atoms with van der Waals surface area (Å²) < 4.78 is 7.30. The number of amides is 1. The molecule has 0 unspecified atom stereocenters. The summed E-state index contributed by atoms with van der Waals surface area (Å²) in [5, 5.41) is 13.9. The molecule has 3 aromatic rings. The van der Waals surface area contributed by atoms with E-state index in [0.717, 1.165) is 11.1 Å². The summed E-state index contributed by atoms with van der Waals surface area (Å²) in [4.78, 5) is 26.2. The highest BCUT2D eigenvalue weighted by Gasteiger charge is 2.38. The molecule has 4 rings (SSSR count). The Morgan fingerprint density at radius 2 is 1.79 bits per heavy atom. The number of aromatic carboxylic acids is 1. The second kappa shape index (κ2) is 7.19. The van der Waals surface area contributed by atoms with Crippen LogP contribution in [0.3, 0.4) is 0 Å². The number of likely N-dealkylation sites (N-methyl/N-ethyl adjacent to an activating group) is 1. The van der Waals surface area contributed by atoms with E-state index in [4.69, 9.17) is 4.74 Å². The maximum absolute atomic E-state index is 12.9. The first-order valence-corrected chi connectivity index (χ1v) is 8.89. The van der Waals surface area contributed by atoms with E-state index in [0.29, 0.717) is 6.54 Å². The third kappa shape index (κ3) is 3.11. The van der Waals surface area contributed by atoms with Gasteiger partial charge in [0.05, 0.1) is 6.04 Å². The molecule has 1 N–H and O–H groups in total. The Morgan fingerprint density at radius 3 is 2.43 bits per heavy atom. The average Bonchev–Trinajstić information content (AvgIpc) is 3.10. The van der Waals surface area contributed by atoms with Gasteiger partial charge in [-0.3, -0.25) is 4.79 Å². The maximum atomic E-state index is 12.9. The number of benzene rings is 2. The number of rotatable bonds is 5. The van der Waals surface area contributed by atoms with Crippen LogP contribution < -0.4 is 4.74 Å². The van der Waals surface area contributed by atoms with Crippen molar-refractivity contribution in [2.75, 3.05) is 13.6 Å². The molecule has 28 heavy (non-hydrogen) atoms. The van der Waals surface area contributed by atoms with Crippen molar-refractivity contribution in [2.24, 2.45) is 0 Å². The van der Waals surface area contributed by atoms with Crippen molar-refractivity contribution in [1.29, 1.82) is 0 Å². The predicted octanol–water partition coefficient (Wildman–Crippen LogP) is 2.84. The fraction of sp³-hybridized carbons (Fsp3) is 0.190. The predicted molar refractivity (Wildman–Crippen MR) is 102 cm³/mol. The van der Waals surface area contributed by atoms with Gasteiger partial charge in [-0.1, -0.05) is 60.7 Å². The minimum absolute atomic E-state index is 0.00818. The zero-order valence-corrected chi connectivity index (χ0v) is 15.3. The van der Waals surface area contributed by atoms with Crippen LogP contribution in [0, 0.1) is 0 Å². The number of carbonyl (C=O) groups is 2. The molecule has 1 aliphatic rings. The molecule has 0 radical (unpaired) electrons. The summed E-state index contributed by atoms with van der Waals surface area (Å²) in [6.45, 7) is 0.543. The molecule has 0 fully saturated rings. The molecular formula is C21H19N3O4. The molecule has 1 aromatic heterocycles. The normalized spacial score (nSPS) is 16.0. The second-order valence-corrected chi connectivity index (χ2v) is 6.66. The maximum Gasteiger partial charge on any atom is 0.360 e. The molecular weight excluding hydrogens is 358 g/mol. The lowest BCUT2D eigenvalue weighted by molar-refractivity contribution is 0.0681. The summed E-state index contributed by atoms with van der Waals surface area (Å²) >= 11 is 0. The zero-order chi connectivity index (χ0) is 19.7. The number of carboxylic acid groups (broad SMARTS) is 1. The lowest BCUT2D eigenvalue weighted by Crippen LogP contribution is -2.41. The lowest BCUT2D eigenvalue weighted by atomic mass is 10.0. The Balaban J connectivity index is 1.79. The van der Waals surface area contributed by atoms with Gasteiger partial charge in [-0.2, -0.15) is 5.10 Å². The number of nitrogens with zero attached hydrogens (tertiary/aromatic N) is 3. The van der Waals surface area contributed by atoms with Crippen LogP contribution in [0.4, 0.5) is 0 Å². The zero-order valence-electron chi connectivity index (χ0n) is 15.3. The van der Waals surface area contributed by atoms with Crippen molar-refractivity contribution in [3.8, 4) is 5.75 Å². The van der Waals surface area contributed by atoms with Gasteiger partial charge in [-0.05, 0) is 11.1 Å². The smallest absolute Gasteiger partial charge is 0.360 e. The SMILES string of the molecule is CN1C[C@H](c2ccccc2)n2nc(C(=O)O)c(OCc3ccccc3)c2C1=O. The van der Waals surface area contributed by atoms with E-state index in [1.165, 1.54) is 4.68 Å². The van der Waals surface area contributed by atoms with E-state index < -0.39 is 5.97 Å². The summed E-state index contributed by atoms with van der Waals surface area (Å²) in [5.74, 6) is -1.53. The number of ether oxygens (including phenoxy) is 1. The first-order chi connectivity index (χ1) is 13.6. The van der Waals surface area contributed by atoms with E-state index in [9.17, 15) is 14.7 Å². The second-order valence-electron chi connectivity index (χ2n) is 6.66. The summed E-state index contributed by atoms with van der Waals surface area (Å²) in [7, 11) is 1.69. The molecule has 7 heteroatoms.